The van der Waals surface area contributed by atoms with Gasteiger partial charge in [0.1, 0.15) is 11.4 Å². The first-order valence-corrected chi connectivity index (χ1v) is 10.7. The Hall–Kier alpha value is -3.41. The maximum absolute atomic E-state index is 14.0. The lowest BCUT2D eigenvalue weighted by Crippen LogP contribution is -2.27. The normalized spacial score (nSPS) is 12.1. The van der Waals surface area contributed by atoms with Crippen LogP contribution in [0.3, 0.4) is 0 Å². The van der Waals surface area contributed by atoms with E-state index in [0.29, 0.717) is 11.1 Å². The summed E-state index contributed by atoms with van der Waals surface area (Å²) in [7, 11) is 0. The Morgan fingerprint density at radius 1 is 1.19 bits per heavy atom. The Labute approximate surface area is 187 Å². The van der Waals surface area contributed by atoms with Gasteiger partial charge >= 0.3 is 6.09 Å². The minimum Gasteiger partial charge on any atom is -0.442 e. The number of benzene rings is 2. The van der Waals surface area contributed by atoms with E-state index in [0.717, 1.165) is 33.2 Å². The van der Waals surface area contributed by atoms with Gasteiger partial charge in [0, 0.05) is 27.7 Å². The number of carbonyl (C=O) groups is 1. The molecule has 0 bridgehead atoms. The second-order valence-electron chi connectivity index (χ2n) is 9.39. The topological polar surface area (TPSA) is 49.0 Å². The van der Waals surface area contributed by atoms with Gasteiger partial charge in [-0.25, -0.2) is 9.18 Å². The van der Waals surface area contributed by atoms with Crippen molar-refractivity contribution in [2.24, 2.45) is 0 Å². The van der Waals surface area contributed by atoms with Crippen LogP contribution in [0.15, 0.2) is 43.1 Å². The molecule has 0 unspecified atom stereocenters. The molecule has 6 heteroatoms. The fourth-order valence-electron chi connectivity index (χ4n) is 4.13. The Kier molecular flexibility index (Phi) is 5.19. The van der Waals surface area contributed by atoms with Gasteiger partial charge in [-0.15, -0.1) is 0 Å². The highest BCUT2D eigenvalue weighted by Crippen LogP contribution is 2.37. The quantitative estimate of drug-likeness (QED) is 0.350. The molecule has 0 aliphatic rings. The second-order valence-corrected chi connectivity index (χ2v) is 9.39. The Bertz CT molecular complexity index is 1370. The van der Waals surface area contributed by atoms with Crippen LogP contribution in [0.25, 0.3) is 33.6 Å². The van der Waals surface area contributed by atoms with Crippen LogP contribution in [0.4, 0.5) is 9.18 Å². The number of halogens is 1. The van der Waals surface area contributed by atoms with Crippen LogP contribution in [0.2, 0.25) is 0 Å². The third kappa shape index (κ3) is 3.60. The Balaban J connectivity index is 2.03. The lowest BCUT2D eigenvalue weighted by Gasteiger charge is -2.19. The maximum atomic E-state index is 14.0. The summed E-state index contributed by atoms with van der Waals surface area (Å²) in [6.45, 7) is 15.5. The van der Waals surface area contributed by atoms with Gasteiger partial charge in [-0.1, -0.05) is 26.5 Å². The molecule has 0 saturated heterocycles. The molecule has 0 aliphatic heterocycles. The summed E-state index contributed by atoms with van der Waals surface area (Å²) in [4.78, 5) is 12.7. The van der Waals surface area contributed by atoms with Gasteiger partial charge in [0.2, 0.25) is 0 Å². The highest BCUT2D eigenvalue weighted by molar-refractivity contribution is 6.03. The molecule has 166 valence electrons. The molecular weight excluding hydrogens is 405 g/mol. The molecule has 0 N–H and O–H groups in total. The molecule has 0 amide bonds. The van der Waals surface area contributed by atoms with E-state index < -0.39 is 11.7 Å². The molecule has 0 aliphatic carbocycles. The molecule has 0 radical (unpaired) electrons. The Morgan fingerprint density at radius 2 is 1.91 bits per heavy atom. The number of rotatable bonds is 3. The molecule has 5 nitrogen and oxygen atoms in total. The SMILES string of the molecule is C=Cc1c(C(C)C)n(-c2ccc(F)c(C)c2)c2cc3cnn(C(=O)OC(C)(C)C)c3cc12. The monoisotopic (exact) mass is 433 g/mol. The van der Waals surface area contributed by atoms with Crippen molar-refractivity contribution in [1.82, 2.24) is 14.3 Å². The van der Waals surface area contributed by atoms with Crippen molar-refractivity contribution in [2.75, 3.05) is 0 Å². The zero-order valence-electron chi connectivity index (χ0n) is 19.4. The summed E-state index contributed by atoms with van der Waals surface area (Å²) in [5, 5.41) is 6.04. The van der Waals surface area contributed by atoms with Gasteiger partial charge in [-0.05, 0) is 69.5 Å². The summed E-state index contributed by atoms with van der Waals surface area (Å²) in [5.74, 6) is -0.0486. The van der Waals surface area contributed by atoms with Gasteiger partial charge < -0.3 is 9.30 Å². The van der Waals surface area contributed by atoms with Gasteiger partial charge in [-0.2, -0.15) is 9.78 Å². The summed E-state index contributed by atoms with van der Waals surface area (Å²) in [5.41, 5.74) is 4.51. The van der Waals surface area contributed by atoms with Crippen LogP contribution in [-0.2, 0) is 4.74 Å². The fraction of sp³-hybridized carbons (Fsp3) is 0.308. The molecule has 0 fully saturated rings. The molecule has 2 aromatic heterocycles. The first kappa shape index (κ1) is 21.8. The lowest BCUT2D eigenvalue weighted by molar-refractivity contribution is 0.0523. The molecular formula is C26H28FN3O2. The van der Waals surface area contributed by atoms with Crippen LogP contribution in [0.5, 0.6) is 0 Å². The van der Waals surface area contributed by atoms with Crippen LogP contribution in [0.1, 0.15) is 57.4 Å². The summed E-state index contributed by atoms with van der Waals surface area (Å²) < 4.78 is 22.9. The van der Waals surface area contributed by atoms with Crippen molar-refractivity contribution in [1.29, 1.82) is 0 Å². The largest absolute Gasteiger partial charge is 0.442 e. The van der Waals surface area contributed by atoms with Crippen molar-refractivity contribution in [3.8, 4) is 5.69 Å². The Morgan fingerprint density at radius 3 is 2.50 bits per heavy atom. The van der Waals surface area contributed by atoms with Crippen molar-refractivity contribution in [2.45, 2.75) is 53.1 Å². The number of aryl methyl sites for hydroxylation is 1. The van der Waals surface area contributed by atoms with Gasteiger partial charge in [0.25, 0.3) is 0 Å². The highest BCUT2D eigenvalue weighted by Gasteiger charge is 2.24. The van der Waals surface area contributed by atoms with E-state index in [-0.39, 0.29) is 11.7 Å². The predicted octanol–water partition coefficient (Wildman–Crippen LogP) is 6.98. The van der Waals surface area contributed by atoms with Crippen LogP contribution >= 0.6 is 0 Å². The molecule has 4 aromatic rings. The van der Waals surface area contributed by atoms with Crippen molar-refractivity contribution in [3.05, 3.63) is 65.7 Å². The summed E-state index contributed by atoms with van der Waals surface area (Å²) >= 11 is 0. The van der Waals surface area contributed by atoms with Crippen molar-refractivity contribution >= 4 is 34.0 Å². The predicted molar refractivity (Wildman–Crippen MR) is 127 cm³/mol. The van der Waals surface area contributed by atoms with Crippen LogP contribution in [-0.4, -0.2) is 26.0 Å². The lowest BCUT2D eigenvalue weighted by atomic mass is 10.0. The van der Waals surface area contributed by atoms with Crippen molar-refractivity contribution < 1.29 is 13.9 Å². The smallest absolute Gasteiger partial charge is 0.435 e. The molecule has 2 aromatic carbocycles. The molecule has 32 heavy (non-hydrogen) atoms. The van der Waals surface area contributed by atoms with E-state index in [2.05, 4.69) is 30.1 Å². The van der Waals surface area contributed by atoms with Crippen molar-refractivity contribution in [3.63, 3.8) is 0 Å². The van der Waals surface area contributed by atoms with E-state index in [9.17, 15) is 9.18 Å². The minimum atomic E-state index is -0.625. The number of aromatic nitrogens is 3. The van der Waals surface area contributed by atoms with Gasteiger partial charge in [-0.3, -0.25) is 0 Å². The molecule has 2 heterocycles. The average molecular weight is 434 g/mol. The number of fused-ring (bicyclic) bond motifs is 2. The molecule has 0 atom stereocenters. The number of hydrogen-bond donors (Lipinski definition) is 0. The first-order valence-electron chi connectivity index (χ1n) is 10.7. The van der Waals surface area contributed by atoms with E-state index >= 15 is 0 Å². The molecule has 0 saturated carbocycles. The van der Waals surface area contributed by atoms with Gasteiger partial charge in [0.05, 0.1) is 17.2 Å². The zero-order valence-corrected chi connectivity index (χ0v) is 19.4. The van der Waals surface area contributed by atoms with Gasteiger partial charge in [0.15, 0.2) is 0 Å². The fourth-order valence-corrected chi connectivity index (χ4v) is 4.13. The number of ether oxygens (including phenoxy) is 1. The van der Waals surface area contributed by atoms with Crippen LogP contribution < -0.4 is 0 Å². The zero-order chi connectivity index (χ0) is 23.4. The van der Waals surface area contributed by atoms with Crippen LogP contribution in [0, 0.1) is 12.7 Å². The third-order valence-corrected chi connectivity index (χ3v) is 5.45. The first-order chi connectivity index (χ1) is 15.0. The maximum Gasteiger partial charge on any atom is 0.435 e. The summed E-state index contributed by atoms with van der Waals surface area (Å²) in [6.07, 6.45) is 2.98. The average Bonchev–Trinajstić information content (AvgIpc) is 3.25. The second kappa shape index (κ2) is 7.62. The minimum absolute atomic E-state index is 0.186. The van der Waals surface area contributed by atoms with E-state index in [1.165, 1.54) is 10.7 Å². The molecule has 0 spiro atoms. The summed E-state index contributed by atoms with van der Waals surface area (Å²) in [6, 6.07) is 9.09. The van der Waals surface area contributed by atoms with E-state index in [1.54, 1.807) is 19.2 Å². The number of nitrogens with zero attached hydrogens (tertiary/aromatic N) is 3. The number of hydrogen-bond acceptors (Lipinski definition) is 3. The highest BCUT2D eigenvalue weighted by atomic mass is 19.1. The standard InChI is InChI=1S/C26H28FN3O2/c1-8-19-20-13-22-17(14-28-30(22)25(31)32-26(5,6)7)12-23(20)29(24(19)15(2)3)18-9-10-21(27)16(4)11-18/h8-15H,1H2,2-7H3. The molecule has 4 rings (SSSR count). The van der Waals surface area contributed by atoms with E-state index in [4.69, 9.17) is 4.74 Å². The third-order valence-electron chi connectivity index (χ3n) is 5.45. The van der Waals surface area contributed by atoms with E-state index in [1.807, 2.05) is 45.0 Å². The number of carbonyl (C=O) groups excluding carboxylic acids is 1.